The van der Waals surface area contributed by atoms with Crippen LogP contribution in [0.3, 0.4) is 0 Å². The zero-order valence-corrected chi connectivity index (χ0v) is 13.5. The number of amides is 1. The van der Waals surface area contributed by atoms with Gasteiger partial charge in [0, 0.05) is 0 Å². The first kappa shape index (κ1) is 15.8. The van der Waals surface area contributed by atoms with E-state index < -0.39 is 0 Å². The number of aryl methyl sites for hydroxylation is 1. The number of aromatic amines is 1. The molecule has 0 fully saturated rings. The quantitative estimate of drug-likeness (QED) is 0.902. The van der Waals surface area contributed by atoms with Crippen molar-refractivity contribution in [1.29, 1.82) is 0 Å². The van der Waals surface area contributed by atoms with E-state index in [2.05, 4.69) is 20.5 Å². The normalized spacial score (nSPS) is 12.5. The van der Waals surface area contributed by atoms with Gasteiger partial charge in [-0.05, 0) is 25.0 Å². The Labute approximate surface area is 133 Å². The average Bonchev–Trinajstić information content (AvgIpc) is 2.84. The van der Waals surface area contributed by atoms with Crippen molar-refractivity contribution in [2.75, 3.05) is 0 Å². The summed E-state index contributed by atoms with van der Waals surface area (Å²) in [6, 6.07) is 4.64. The molecule has 0 aliphatic rings. The number of halogens is 2. The predicted molar refractivity (Wildman–Crippen MR) is 82.6 cm³/mol. The molecule has 1 amide bonds. The summed E-state index contributed by atoms with van der Waals surface area (Å²) in [5.74, 6) is 1.07. The van der Waals surface area contributed by atoms with Gasteiger partial charge in [-0.25, -0.2) is 4.98 Å². The highest BCUT2D eigenvalue weighted by molar-refractivity contribution is 6.43. The van der Waals surface area contributed by atoms with Crippen LogP contribution >= 0.6 is 23.2 Å². The van der Waals surface area contributed by atoms with E-state index in [1.165, 1.54) is 0 Å². The topological polar surface area (TPSA) is 70.7 Å². The first-order valence-corrected chi connectivity index (χ1v) is 7.29. The molecule has 1 atom stereocenters. The number of carbonyl (C=O) groups is 1. The third-order valence-corrected chi connectivity index (χ3v) is 3.86. The molecule has 2 rings (SSSR count). The summed E-state index contributed by atoms with van der Waals surface area (Å²) in [5.41, 5.74) is 0.335. The molecule has 21 heavy (non-hydrogen) atoms. The Morgan fingerprint density at radius 2 is 2.05 bits per heavy atom. The summed E-state index contributed by atoms with van der Waals surface area (Å²) in [6.07, 6.45) is 0. The lowest BCUT2D eigenvalue weighted by atomic mass is 10.0. The van der Waals surface area contributed by atoms with Gasteiger partial charge in [-0.3, -0.25) is 9.89 Å². The van der Waals surface area contributed by atoms with Crippen molar-refractivity contribution in [3.63, 3.8) is 0 Å². The zero-order valence-electron chi connectivity index (χ0n) is 11.9. The predicted octanol–water partition coefficient (Wildman–Crippen LogP) is 3.55. The largest absolute Gasteiger partial charge is 0.342 e. The second-order valence-electron chi connectivity index (χ2n) is 5.08. The third kappa shape index (κ3) is 3.54. The average molecular weight is 327 g/mol. The van der Waals surface area contributed by atoms with Crippen molar-refractivity contribution in [3.05, 3.63) is 45.5 Å². The molecule has 0 saturated heterocycles. The van der Waals surface area contributed by atoms with E-state index in [0.717, 1.165) is 0 Å². The molecule has 0 aliphatic heterocycles. The molecular formula is C14H16Cl2N4O. The summed E-state index contributed by atoms with van der Waals surface area (Å²) >= 11 is 12.0. The molecule has 1 aromatic heterocycles. The Balaban J connectivity index is 2.25. The van der Waals surface area contributed by atoms with Crippen LogP contribution in [0.15, 0.2) is 18.2 Å². The van der Waals surface area contributed by atoms with E-state index in [1.807, 2.05) is 20.8 Å². The number of benzene rings is 1. The molecule has 2 aromatic rings. The van der Waals surface area contributed by atoms with Gasteiger partial charge in [-0.1, -0.05) is 43.1 Å². The van der Waals surface area contributed by atoms with Crippen LogP contribution in [-0.2, 0) is 0 Å². The number of hydrogen-bond donors (Lipinski definition) is 2. The van der Waals surface area contributed by atoms with Gasteiger partial charge in [0.05, 0.1) is 21.7 Å². The van der Waals surface area contributed by atoms with Crippen molar-refractivity contribution < 1.29 is 4.79 Å². The highest BCUT2D eigenvalue weighted by Gasteiger charge is 2.24. The minimum absolute atomic E-state index is 0.127. The molecule has 0 saturated carbocycles. The van der Waals surface area contributed by atoms with E-state index in [1.54, 1.807) is 18.2 Å². The second kappa shape index (κ2) is 6.45. The number of carbonyl (C=O) groups excluding carboxylic acids is 1. The van der Waals surface area contributed by atoms with Gasteiger partial charge in [0.15, 0.2) is 5.82 Å². The van der Waals surface area contributed by atoms with Gasteiger partial charge in [0.1, 0.15) is 5.82 Å². The smallest absolute Gasteiger partial charge is 0.253 e. The fourth-order valence-electron chi connectivity index (χ4n) is 1.93. The van der Waals surface area contributed by atoms with Crippen LogP contribution in [0, 0.1) is 12.8 Å². The maximum Gasteiger partial charge on any atom is 0.253 e. The molecule has 2 N–H and O–H groups in total. The number of H-pyrrole nitrogens is 1. The lowest BCUT2D eigenvalue weighted by molar-refractivity contribution is 0.0923. The number of rotatable bonds is 4. The monoisotopic (exact) mass is 326 g/mol. The SMILES string of the molecule is Cc1nc(C(NC(=O)c2cccc(Cl)c2Cl)C(C)C)n[nH]1. The van der Waals surface area contributed by atoms with E-state index in [4.69, 9.17) is 23.2 Å². The Hall–Kier alpha value is -1.59. The molecule has 7 heteroatoms. The van der Waals surface area contributed by atoms with E-state index in [-0.39, 0.29) is 22.9 Å². The molecule has 112 valence electrons. The fraction of sp³-hybridized carbons (Fsp3) is 0.357. The maximum absolute atomic E-state index is 12.4. The van der Waals surface area contributed by atoms with Crippen LogP contribution in [0.2, 0.25) is 10.0 Å². The van der Waals surface area contributed by atoms with Crippen LogP contribution in [0.4, 0.5) is 0 Å². The van der Waals surface area contributed by atoms with Gasteiger partial charge in [-0.15, -0.1) is 0 Å². The summed E-state index contributed by atoms with van der Waals surface area (Å²) < 4.78 is 0. The summed E-state index contributed by atoms with van der Waals surface area (Å²) in [7, 11) is 0. The highest BCUT2D eigenvalue weighted by Crippen LogP contribution is 2.26. The summed E-state index contributed by atoms with van der Waals surface area (Å²) in [4.78, 5) is 16.7. The molecule has 0 spiro atoms. The summed E-state index contributed by atoms with van der Waals surface area (Å²) in [5, 5.41) is 10.4. The number of nitrogens with zero attached hydrogens (tertiary/aromatic N) is 2. The number of aromatic nitrogens is 3. The number of hydrogen-bond acceptors (Lipinski definition) is 3. The minimum atomic E-state index is -0.308. The molecule has 5 nitrogen and oxygen atoms in total. The minimum Gasteiger partial charge on any atom is -0.342 e. The van der Waals surface area contributed by atoms with Crippen molar-refractivity contribution in [3.8, 4) is 0 Å². The Morgan fingerprint density at radius 1 is 1.33 bits per heavy atom. The fourth-order valence-corrected chi connectivity index (χ4v) is 2.31. The molecule has 1 heterocycles. The van der Waals surface area contributed by atoms with Gasteiger partial charge >= 0.3 is 0 Å². The highest BCUT2D eigenvalue weighted by atomic mass is 35.5. The lowest BCUT2D eigenvalue weighted by Crippen LogP contribution is -2.32. The van der Waals surface area contributed by atoms with Crippen LogP contribution in [0.1, 0.15) is 41.9 Å². The lowest BCUT2D eigenvalue weighted by Gasteiger charge is -2.19. The first-order chi connectivity index (χ1) is 9.90. The molecule has 0 radical (unpaired) electrons. The van der Waals surface area contributed by atoms with Gasteiger partial charge in [0.2, 0.25) is 0 Å². The van der Waals surface area contributed by atoms with E-state index in [9.17, 15) is 4.79 Å². The van der Waals surface area contributed by atoms with Gasteiger partial charge in [-0.2, -0.15) is 5.10 Å². The summed E-state index contributed by atoms with van der Waals surface area (Å²) in [6.45, 7) is 5.77. The van der Waals surface area contributed by atoms with Crippen molar-refractivity contribution in [1.82, 2.24) is 20.5 Å². The van der Waals surface area contributed by atoms with Crippen LogP contribution in [-0.4, -0.2) is 21.1 Å². The molecule has 0 aliphatic carbocycles. The maximum atomic E-state index is 12.4. The molecule has 0 bridgehead atoms. The van der Waals surface area contributed by atoms with Crippen LogP contribution in [0.25, 0.3) is 0 Å². The van der Waals surface area contributed by atoms with E-state index >= 15 is 0 Å². The second-order valence-corrected chi connectivity index (χ2v) is 5.86. The van der Waals surface area contributed by atoms with Crippen molar-refractivity contribution in [2.24, 2.45) is 5.92 Å². The standard InChI is InChI=1S/C14H16Cl2N4O/c1-7(2)12(13-17-8(3)19-20-13)18-14(21)9-5-4-6-10(15)11(9)16/h4-7,12H,1-3H3,(H,18,21)(H,17,19,20). The molecular weight excluding hydrogens is 311 g/mol. The zero-order chi connectivity index (χ0) is 15.6. The van der Waals surface area contributed by atoms with Crippen LogP contribution in [0.5, 0.6) is 0 Å². The Morgan fingerprint density at radius 3 is 2.62 bits per heavy atom. The van der Waals surface area contributed by atoms with Gasteiger partial charge in [0.25, 0.3) is 5.91 Å². The Kier molecular flexibility index (Phi) is 4.85. The Bertz CT molecular complexity index is 654. The molecule has 1 aromatic carbocycles. The van der Waals surface area contributed by atoms with Crippen molar-refractivity contribution >= 4 is 29.1 Å². The van der Waals surface area contributed by atoms with Crippen LogP contribution < -0.4 is 5.32 Å². The van der Waals surface area contributed by atoms with Gasteiger partial charge < -0.3 is 5.32 Å². The number of nitrogens with one attached hydrogen (secondary N) is 2. The molecule has 1 unspecified atom stereocenters. The van der Waals surface area contributed by atoms with E-state index in [0.29, 0.717) is 22.2 Å². The third-order valence-electron chi connectivity index (χ3n) is 3.04. The van der Waals surface area contributed by atoms with Crippen molar-refractivity contribution in [2.45, 2.75) is 26.8 Å². The first-order valence-electron chi connectivity index (χ1n) is 6.54.